The van der Waals surface area contributed by atoms with Crippen molar-refractivity contribution in [3.05, 3.63) is 30.6 Å². The van der Waals surface area contributed by atoms with Crippen LogP contribution >= 0.6 is 0 Å². The molecule has 78 valence electrons. The van der Waals surface area contributed by atoms with Crippen molar-refractivity contribution in [3.8, 4) is 11.3 Å². The normalized spacial score (nSPS) is 10.5. The standard InChI is InChI=1S/C10H12N4O/c11-10-6-9(13-14(10)4-5-15)8-2-1-3-12-7-8/h1-3,6-7,15H,4-5,11H2. The molecule has 2 aromatic rings. The Hall–Kier alpha value is -1.88. The zero-order valence-electron chi connectivity index (χ0n) is 8.17. The average Bonchev–Trinajstić information content (AvgIpc) is 2.63. The van der Waals surface area contributed by atoms with Crippen molar-refractivity contribution in [2.24, 2.45) is 0 Å². The lowest BCUT2D eigenvalue weighted by molar-refractivity contribution is 0.270. The molecule has 0 amide bonds. The van der Waals surface area contributed by atoms with E-state index in [9.17, 15) is 0 Å². The van der Waals surface area contributed by atoms with Crippen LogP contribution in [0.5, 0.6) is 0 Å². The Kier molecular flexibility index (Phi) is 2.64. The van der Waals surface area contributed by atoms with Crippen molar-refractivity contribution in [3.63, 3.8) is 0 Å². The third-order valence-electron chi connectivity index (χ3n) is 2.08. The molecule has 5 nitrogen and oxygen atoms in total. The van der Waals surface area contributed by atoms with E-state index in [1.165, 1.54) is 0 Å². The van der Waals surface area contributed by atoms with Gasteiger partial charge in [-0.15, -0.1) is 0 Å². The number of aliphatic hydroxyl groups is 1. The Labute approximate surface area is 87.2 Å². The van der Waals surface area contributed by atoms with Crippen LogP contribution in [-0.2, 0) is 6.54 Å². The zero-order chi connectivity index (χ0) is 10.7. The maximum atomic E-state index is 8.80. The van der Waals surface area contributed by atoms with Crippen molar-refractivity contribution in [2.45, 2.75) is 6.54 Å². The number of anilines is 1. The van der Waals surface area contributed by atoms with Crippen LogP contribution in [0.15, 0.2) is 30.6 Å². The molecule has 0 aliphatic rings. The van der Waals surface area contributed by atoms with E-state index in [0.29, 0.717) is 12.4 Å². The third kappa shape index (κ3) is 1.97. The van der Waals surface area contributed by atoms with Crippen LogP contribution in [0.25, 0.3) is 11.3 Å². The number of hydrogen-bond acceptors (Lipinski definition) is 4. The molecule has 0 aliphatic heterocycles. The molecule has 0 radical (unpaired) electrons. The summed E-state index contributed by atoms with van der Waals surface area (Å²) in [6, 6.07) is 5.53. The lowest BCUT2D eigenvalue weighted by Crippen LogP contribution is -2.07. The highest BCUT2D eigenvalue weighted by atomic mass is 16.3. The second-order valence-electron chi connectivity index (χ2n) is 3.14. The molecule has 2 rings (SSSR count). The SMILES string of the molecule is Nc1cc(-c2cccnc2)nn1CCO. The van der Waals surface area contributed by atoms with E-state index in [4.69, 9.17) is 10.8 Å². The molecule has 0 unspecified atom stereocenters. The monoisotopic (exact) mass is 204 g/mol. The van der Waals surface area contributed by atoms with Gasteiger partial charge >= 0.3 is 0 Å². The van der Waals surface area contributed by atoms with Crippen molar-refractivity contribution in [2.75, 3.05) is 12.3 Å². The number of aromatic nitrogens is 3. The fourth-order valence-corrected chi connectivity index (χ4v) is 1.36. The topological polar surface area (TPSA) is 77.0 Å². The van der Waals surface area contributed by atoms with Gasteiger partial charge < -0.3 is 10.8 Å². The number of nitrogens with zero attached hydrogens (tertiary/aromatic N) is 3. The van der Waals surface area contributed by atoms with Crippen LogP contribution in [0.1, 0.15) is 0 Å². The molecule has 2 heterocycles. The Balaban J connectivity index is 2.34. The van der Waals surface area contributed by atoms with E-state index in [2.05, 4.69) is 10.1 Å². The Morgan fingerprint density at radius 1 is 1.47 bits per heavy atom. The number of aliphatic hydroxyl groups excluding tert-OH is 1. The molecule has 5 heteroatoms. The summed E-state index contributed by atoms with van der Waals surface area (Å²) in [5.41, 5.74) is 7.42. The summed E-state index contributed by atoms with van der Waals surface area (Å²) in [6.45, 7) is 0.435. The number of rotatable bonds is 3. The number of nitrogen functional groups attached to an aromatic ring is 1. The van der Waals surface area contributed by atoms with E-state index in [1.807, 2.05) is 12.1 Å². The van der Waals surface area contributed by atoms with E-state index in [0.717, 1.165) is 11.3 Å². The largest absolute Gasteiger partial charge is 0.394 e. The maximum absolute atomic E-state index is 8.80. The molecule has 0 bridgehead atoms. The minimum atomic E-state index is 0.0262. The highest BCUT2D eigenvalue weighted by molar-refractivity contribution is 5.60. The summed E-state index contributed by atoms with van der Waals surface area (Å²) < 4.78 is 1.57. The van der Waals surface area contributed by atoms with E-state index in [-0.39, 0.29) is 6.61 Å². The van der Waals surface area contributed by atoms with E-state index < -0.39 is 0 Å². The molecule has 15 heavy (non-hydrogen) atoms. The molecule has 0 saturated carbocycles. The van der Waals surface area contributed by atoms with Gasteiger partial charge in [0.15, 0.2) is 0 Å². The summed E-state index contributed by atoms with van der Waals surface area (Å²) in [4.78, 5) is 4.01. The van der Waals surface area contributed by atoms with Crippen molar-refractivity contribution in [1.29, 1.82) is 0 Å². The quantitative estimate of drug-likeness (QED) is 0.764. The van der Waals surface area contributed by atoms with Crippen molar-refractivity contribution >= 4 is 5.82 Å². The third-order valence-corrected chi connectivity index (χ3v) is 2.08. The summed E-state index contributed by atoms with van der Waals surface area (Å²) >= 11 is 0. The fraction of sp³-hybridized carbons (Fsp3) is 0.200. The van der Waals surface area contributed by atoms with Gasteiger partial charge in [0.05, 0.1) is 18.8 Å². The zero-order valence-corrected chi connectivity index (χ0v) is 8.17. The van der Waals surface area contributed by atoms with Gasteiger partial charge in [0.1, 0.15) is 5.82 Å². The first-order valence-corrected chi connectivity index (χ1v) is 4.66. The molecule has 0 aromatic carbocycles. The van der Waals surface area contributed by atoms with Gasteiger partial charge in [-0.3, -0.25) is 4.98 Å². The lowest BCUT2D eigenvalue weighted by Gasteiger charge is -1.98. The first-order valence-electron chi connectivity index (χ1n) is 4.66. The van der Waals surface area contributed by atoms with Gasteiger partial charge in [-0.05, 0) is 12.1 Å². The second kappa shape index (κ2) is 4.10. The first-order chi connectivity index (χ1) is 7.31. The Bertz CT molecular complexity index is 438. The Morgan fingerprint density at radius 2 is 2.33 bits per heavy atom. The second-order valence-corrected chi connectivity index (χ2v) is 3.14. The first kappa shape index (κ1) is 9.67. The Morgan fingerprint density at radius 3 is 3.00 bits per heavy atom. The van der Waals surface area contributed by atoms with Gasteiger partial charge in [-0.1, -0.05) is 0 Å². The minimum Gasteiger partial charge on any atom is -0.394 e. The molecular formula is C10H12N4O. The van der Waals surface area contributed by atoms with Crippen LogP contribution in [0.3, 0.4) is 0 Å². The molecule has 0 spiro atoms. The molecule has 0 saturated heterocycles. The molecule has 0 aliphatic carbocycles. The predicted molar refractivity (Wildman–Crippen MR) is 57.0 cm³/mol. The minimum absolute atomic E-state index is 0.0262. The summed E-state index contributed by atoms with van der Waals surface area (Å²) in [5.74, 6) is 0.544. The molecule has 0 fully saturated rings. The van der Waals surface area contributed by atoms with Crippen LogP contribution in [0.2, 0.25) is 0 Å². The van der Waals surface area contributed by atoms with Gasteiger partial charge in [-0.2, -0.15) is 5.10 Å². The highest BCUT2D eigenvalue weighted by Crippen LogP contribution is 2.18. The summed E-state index contributed by atoms with van der Waals surface area (Å²) in [7, 11) is 0. The number of hydrogen-bond donors (Lipinski definition) is 2. The molecule has 0 atom stereocenters. The van der Waals surface area contributed by atoms with E-state index >= 15 is 0 Å². The van der Waals surface area contributed by atoms with Gasteiger partial charge in [0.2, 0.25) is 0 Å². The van der Waals surface area contributed by atoms with Crippen molar-refractivity contribution in [1.82, 2.24) is 14.8 Å². The smallest absolute Gasteiger partial charge is 0.122 e. The lowest BCUT2D eigenvalue weighted by atomic mass is 10.2. The fourth-order valence-electron chi connectivity index (χ4n) is 1.36. The highest BCUT2D eigenvalue weighted by Gasteiger charge is 2.06. The maximum Gasteiger partial charge on any atom is 0.122 e. The van der Waals surface area contributed by atoms with Crippen LogP contribution in [-0.4, -0.2) is 26.5 Å². The summed E-state index contributed by atoms with van der Waals surface area (Å²) in [5, 5.41) is 13.1. The van der Waals surface area contributed by atoms with Crippen LogP contribution < -0.4 is 5.73 Å². The number of pyridine rings is 1. The van der Waals surface area contributed by atoms with Gasteiger partial charge in [0.25, 0.3) is 0 Å². The van der Waals surface area contributed by atoms with Crippen LogP contribution in [0, 0.1) is 0 Å². The van der Waals surface area contributed by atoms with Gasteiger partial charge in [0, 0.05) is 24.0 Å². The van der Waals surface area contributed by atoms with E-state index in [1.54, 1.807) is 23.1 Å². The predicted octanol–water partition coefficient (Wildman–Crippen LogP) is 0.520. The molecule has 3 N–H and O–H groups in total. The van der Waals surface area contributed by atoms with Crippen molar-refractivity contribution < 1.29 is 5.11 Å². The molecular weight excluding hydrogens is 192 g/mol. The van der Waals surface area contributed by atoms with Crippen LogP contribution in [0.4, 0.5) is 5.82 Å². The average molecular weight is 204 g/mol. The van der Waals surface area contributed by atoms with Gasteiger partial charge in [-0.25, -0.2) is 4.68 Å². The number of nitrogens with two attached hydrogens (primary N) is 1. The summed E-state index contributed by atoms with van der Waals surface area (Å²) in [6.07, 6.45) is 3.43. The molecule has 2 aromatic heterocycles.